The molecule has 0 spiro atoms. The number of pyridine rings is 1. The zero-order chi connectivity index (χ0) is 22.8. The van der Waals surface area contributed by atoms with Gasteiger partial charge in [-0.25, -0.2) is 15.0 Å². The molecule has 0 unspecified atom stereocenters. The molecule has 0 aliphatic carbocycles. The first-order valence-corrected chi connectivity index (χ1v) is 13.4. The fraction of sp³-hybridized carbons (Fsp3) is 0.217. The Morgan fingerprint density at radius 3 is 2.62 bits per heavy atom. The third-order valence-corrected chi connectivity index (χ3v) is 5.55. The van der Waals surface area contributed by atoms with Crippen molar-refractivity contribution in [1.82, 2.24) is 15.0 Å². The van der Waals surface area contributed by atoms with Gasteiger partial charge in [0.25, 0.3) is 0 Å². The highest BCUT2D eigenvalue weighted by atomic mass is 127. The number of fused-ring (bicyclic) bond motifs is 1. The van der Waals surface area contributed by atoms with Crippen LogP contribution < -0.4 is 15.5 Å². The van der Waals surface area contributed by atoms with Crippen LogP contribution in [-0.2, 0) is 4.79 Å². The van der Waals surface area contributed by atoms with Crippen LogP contribution in [0.25, 0.3) is 10.8 Å². The molecule has 0 bridgehead atoms. The summed E-state index contributed by atoms with van der Waals surface area (Å²) in [6.45, 7) is 5.60. The Morgan fingerprint density at radius 2 is 1.97 bits per heavy atom. The van der Waals surface area contributed by atoms with Crippen LogP contribution in [0.5, 0.6) is 0 Å². The molecule has 0 atom stereocenters. The summed E-state index contributed by atoms with van der Waals surface area (Å²) >= 11 is 2.12. The predicted molar refractivity (Wildman–Crippen MR) is 142 cm³/mol. The lowest BCUT2D eigenvalue weighted by atomic mass is 10.1. The third kappa shape index (κ3) is 6.58. The number of halogens is 1. The van der Waals surface area contributed by atoms with Gasteiger partial charge in [-0.2, -0.15) is 0 Å². The second-order valence-electron chi connectivity index (χ2n) is 6.81. The van der Waals surface area contributed by atoms with Gasteiger partial charge in [0, 0.05) is 71.0 Å². The minimum absolute atomic E-state index is 0.196. The van der Waals surface area contributed by atoms with E-state index in [2.05, 4.69) is 69.4 Å². The van der Waals surface area contributed by atoms with Gasteiger partial charge in [-0.05, 0) is 62.8 Å². The standard InChI is InChI=1S/C16H17N3O.C7H6IN3S/c1-2-15(20)18-13-5-6-14-12(11-13)7-8-17-16(14)19-9-3-4-10-19;1-9-7-10-4-6(5-11-7)2-3-12-8/h2,5-8,11H,1,3-4,9-10H2,(H,18,20);4-5H,1H3,(H,9,10,11). The van der Waals surface area contributed by atoms with E-state index in [-0.39, 0.29) is 5.91 Å². The molecule has 1 aliphatic heterocycles. The molecule has 1 aliphatic rings. The van der Waals surface area contributed by atoms with Crippen molar-refractivity contribution in [3.8, 4) is 11.2 Å². The van der Waals surface area contributed by atoms with E-state index in [0.29, 0.717) is 5.95 Å². The Labute approximate surface area is 204 Å². The molecular weight excluding hydrogens is 535 g/mol. The van der Waals surface area contributed by atoms with Gasteiger partial charge in [0.05, 0.1) is 5.56 Å². The smallest absolute Gasteiger partial charge is 0.247 e. The summed E-state index contributed by atoms with van der Waals surface area (Å²) in [4.78, 5) is 26.2. The Hall–Kier alpha value is -2.84. The lowest BCUT2D eigenvalue weighted by Crippen LogP contribution is -2.19. The Bertz CT molecular complexity index is 1140. The molecule has 3 heterocycles. The molecule has 1 aromatic carbocycles. The molecule has 1 fully saturated rings. The average molecular weight is 558 g/mol. The van der Waals surface area contributed by atoms with E-state index >= 15 is 0 Å². The monoisotopic (exact) mass is 558 g/mol. The second-order valence-corrected chi connectivity index (χ2v) is 8.49. The molecule has 1 saturated heterocycles. The number of nitrogens with one attached hydrogen (secondary N) is 2. The number of carbonyl (C=O) groups excluding carboxylic acids is 1. The fourth-order valence-electron chi connectivity index (χ4n) is 3.21. The van der Waals surface area contributed by atoms with E-state index in [1.807, 2.05) is 30.5 Å². The van der Waals surface area contributed by atoms with Crippen LogP contribution in [-0.4, -0.2) is 41.0 Å². The van der Waals surface area contributed by atoms with E-state index in [1.54, 1.807) is 19.4 Å². The Balaban J connectivity index is 0.000000207. The molecule has 164 valence electrons. The number of hydrogen-bond acceptors (Lipinski definition) is 7. The third-order valence-electron chi connectivity index (χ3n) is 4.71. The van der Waals surface area contributed by atoms with Gasteiger partial charge >= 0.3 is 0 Å². The molecule has 1 amide bonds. The summed E-state index contributed by atoms with van der Waals surface area (Å²) < 4.78 is 0. The number of benzene rings is 1. The number of nitrogens with zero attached hydrogens (tertiary/aromatic N) is 4. The van der Waals surface area contributed by atoms with Gasteiger partial charge in [0.1, 0.15) is 5.82 Å². The van der Waals surface area contributed by atoms with Crippen molar-refractivity contribution in [2.75, 3.05) is 35.7 Å². The highest BCUT2D eigenvalue weighted by molar-refractivity contribution is 14.2. The van der Waals surface area contributed by atoms with Crippen molar-refractivity contribution >= 4 is 64.3 Å². The topological polar surface area (TPSA) is 83.0 Å². The highest BCUT2D eigenvalue weighted by Crippen LogP contribution is 2.29. The first-order chi connectivity index (χ1) is 15.6. The van der Waals surface area contributed by atoms with Gasteiger partial charge in [-0.3, -0.25) is 4.79 Å². The van der Waals surface area contributed by atoms with Crippen LogP contribution in [0.2, 0.25) is 0 Å². The van der Waals surface area contributed by atoms with E-state index in [9.17, 15) is 4.79 Å². The number of carbonyl (C=O) groups is 1. The molecule has 7 nitrogen and oxygen atoms in total. The normalized spacial score (nSPS) is 12.2. The lowest BCUT2D eigenvalue weighted by Gasteiger charge is -2.18. The summed E-state index contributed by atoms with van der Waals surface area (Å²) in [6.07, 6.45) is 8.94. The quantitative estimate of drug-likeness (QED) is 0.269. The fourth-order valence-corrected chi connectivity index (χ4v) is 3.70. The molecule has 2 N–H and O–H groups in total. The van der Waals surface area contributed by atoms with Gasteiger partial charge < -0.3 is 15.5 Å². The summed E-state index contributed by atoms with van der Waals surface area (Å²) in [5, 5.41) is 10.7. The highest BCUT2D eigenvalue weighted by Gasteiger charge is 2.16. The largest absolute Gasteiger partial charge is 0.357 e. The van der Waals surface area contributed by atoms with Crippen LogP contribution in [0.3, 0.4) is 0 Å². The number of hydrogen-bond donors (Lipinski definition) is 2. The van der Waals surface area contributed by atoms with Crippen molar-refractivity contribution in [2.45, 2.75) is 12.8 Å². The minimum atomic E-state index is -0.196. The van der Waals surface area contributed by atoms with Crippen LogP contribution in [0, 0.1) is 11.2 Å². The maximum atomic E-state index is 11.3. The maximum Gasteiger partial charge on any atom is 0.247 e. The molecular formula is C23H23IN6OS. The van der Waals surface area contributed by atoms with Crippen LogP contribution in [0.4, 0.5) is 17.5 Å². The Kier molecular flexibility index (Phi) is 9.13. The summed E-state index contributed by atoms with van der Waals surface area (Å²) in [7, 11) is 3.22. The zero-order valence-corrected chi connectivity index (χ0v) is 20.6. The molecule has 2 aromatic heterocycles. The van der Waals surface area contributed by atoms with Crippen molar-refractivity contribution in [3.05, 3.63) is 61.1 Å². The number of anilines is 3. The van der Waals surface area contributed by atoms with E-state index in [4.69, 9.17) is 0 Å². The van der Waals surface area contributed by atoms with Gasteiger partial charge in [-0.1, -0.05) is 12.5 Å². The molecule has 3 aromatic rings. The van der Waals surface area contributed by atoms with Crippen LogP contribution in [0.1, 0.15) is 18.4 Å². The van der Waals surface area contributed by atoms with Gasteiger partial charge in [0.15, 0.2) is 0 Å². The van der Waals surface area contributed by atoms with Gasteiger partial charge in [-0.15, -0.1) is 0 Å². The number of amides is 1. The molecule has 32 heavy (non-hydrogen) atoms. The van der Waals surface area contributed by atoms with Crippen molar-refractivity contribution in [3.63, 3.8) is 0 Å². The molecule has 4 rings (SSSR count). The Morgan fingerprint density at radius 1 is 1.22 bits per heavy atom. The molecule has 0 radical (unpaired) electrons. The SMILES string of the molecule is C=CC(=O)Nc1ccc2c(N3CCCC3)nccc2c1.CNc1ncc(C#CSI)cn1. The summed E-state index contributed by atoms with van der Waals surface area (Å²) in [5.41, 5.74) is 1.61. The second kappa shape index (κ2) is 12.3. The molecule has 0 saturated carbocycles. The predicted octanol–water partition coefficient (Wildman–Crippen LogP) is 4.87. The first-order valence-electron chi connectivity index (χ1n) is 10.00. The van der Waals surface area contributed by atoms with Crippen molar-refractivity contribution < 1.29 is 4.79 Å². The summed E-state index contributed by atoms with van der Waals surface area (Å²) in [6, 6.07) is 7.87. The number of rotatable bonds is 4. The first kappa shape index (κ1) is 23.8. The van der Waals surface area contributed by atoms with Crippen LogP contribution in [0.15, 0.2) is 55.5 Å². The van der Waals surface area contributed by atoms with E-state index < -0.39 is 0 Å². The van der Waals surface area contributed by atoms with Gasteiger partial charge in [0.2, 0.25) is 11.9 Å². The van der Waals surface area contributed by atoms with Crippen molar-refractivity contribution in [1.29, 1.82) is 0 Å². The average Bonchev–Trinajstić information content (AvgIpc) is 3.37. The lowest BCUT2D eigenvalue weighted by molar-refractivity contribution is -0.111. The zero-order valence-electron chi connectivity index (χ0n) is 17.6. The number of aromatic nitrogens is 3. The molecule has 9 heteroatoms. The minimum Gasteiger partial charge on any atom is -0.357 e. The van der Waals surface area contributed by atoms with E-state index in [0.717, 1.165) is 40.9 Å². The van der Waals surface area contributed by atoms with Crippen molar-refractivity contribution in [2.24, 2.45) is 0 Å². The van der Waals surface area contributed by atoms with Crippen LogP contribution >= 0.6 is 30.1 Å². The van der Waals surface area contributed by atoms with E-state index in [1.165, 1.54) is 27.9 Å². The maximum absolute atomic E-state index is 11.3. The summed E-state index contributed by atoms with van der Waals surface area (Å²) in [5.74, 6) is 4.36.